The Morgan fingerprint density at radius 3 is 1.95 bits per heavy atom. The van der Waals surface area contributed by atoms with Crippen LogP contribution >= 0.6 is 0 Å². The van der Waals surface area contributed by atoms with Gasteiger partial charge in [-0.3, -0.25) is 9.59 Å². The molecule has 4 heteroatoms. The Balaban J connectivity index is 2.66. The topological polar surface area (TPSA) is 43.4 Å². The van der Waals surface area contributed by atoms with Crippen LogP contribution in [0, 0.1) is 5.92 Å². The highest BCUT2D eigenvalue weighted by atomic mass is 28.3. The van der Waals surface area contributed by atoms with Crippen LogP contribution in [0.4, 0.5) is 0 Å². The number of carbonyl (C=O) groups excluding carboxylic acids is 2. The van der Waals surface area contributed by atoms with Gasteiger partial charge in [0.25, 0.3) is 0 Å². The standard InChI is InChI=1S/C16H30O3Si/c1-15(2,3)20(7,16(4,5)6)10-8-9-12-11-13(17)19-14(12)18/h12H,8-11H2,1-7H3. The van der Waals surface area contributed by atoms with Crippen LogP contribution in [-0.4, -0.2) is 20.0 Å². The highest BCUT2D eigenvalue weighted by molar-refractivity contribution is 6.83. The lowest BCUT2D eigenvalue weighted by molar-refractivity contribution is -0.153. The first-order valence-electron chi connectivity index (χ1n) is 7.63. The number of ether oxygens (including phenoxy) is 1. The van der Waals surface area contributed by atoms with E-state index in [1.807, 2.05) is 0 Å². The van der Waals surface area contributed by atoms with E-state index in [4.69, 9.17) is 0 Å². The molecule has 3 nitrogen and oxygen atoms in total. The van der Waals surface area contributed by atoms with Crippen molar-refractivity contribution in [3.63, 3.8) is 0 Å². The minimum Gasteiger partial charge on any atom is -0.393 e. The molecule has 20 heavy (non-hydrogen) atoms. The van der Waals surface area contributed by atoms with Gasteiger partial charge >= 0.3 is 11.9 Å². The normalized spacial score (nSPS) is 21.2. The molecule has 0 saturated carbocycles. The van der Waals surface area contributed by atoms with Crippen LogP contribution in [0.5, 0.6) is 0 Å². The van der Waals surface area contributed by atoms with Crippen LogP contribution in [-0.2, 0) is 14.3 Å². The Morgan fingerprint density at radius 1 is 1.10 bits per heavy atom. The number of esters is 2. The quantitative estimate of drug-likeness (QED) is 0.435. The molecule has 1 saturated heterocycles. The van der Waals surface area contributed by atoms with E-state index in [1.165, 1.54) is 6.04 Å². The second kappa shape index (κ2) is 5.62. The van der Waals surface area contributed by atoms with Gasteiger partial charge in [0.1, 0.15) is 0 Å². The molecule has 0 bridgehead atoms. The fourth-order valence-electron chi connectivity index (χ4n) is 3.32. The van der Waals surface area contributed by atoms with Crippen LogP contribution in [0.3, 0.4) is 0 Å². The molecule has 1 unspecified atom stereocenters. The van der Waals surface area contributed by atoms with E-state index in [-0.39, 0.29) is 24.3 Å². The lowest BCUT2D eigenvalue weighted by Crippen LogP contribution is -2.48. The zero-order chi connectivity index (χ0) is 15.8. The van der Waals surface area contributed by atoms with Crippen LogP contribution in [0.25, 0.3) is 0 Å². The van der Waals surface area contributed by atoms with Crippen molar-refractivity contribution in [3.05, 3.63) is 0 Å². The molecule has 1 rings (SSSR count). The van der Waals surface area contributed by atoms with Crippen molar-refractivity contribution in [1.82, 2.24) is 0 Å². The zero-order valence-corrected chi connectivity index (χ0v) is 15.1. The second-order valence-electron chi connectivity index (χ2n) is 8.42. The Labute approximate surface area is 124 Å². The van der Waals surface area contributed by atoms with E-state index < -0.39 is 8.07 Å². The number of carbonyl (C=O) groups is 2. The summed E-state index contributed by atoms with van der Waals surface area (Å²) < 4.78 is 4.62. The van der Waals surface area contributed by atoms with Crippen molar-refractivity contribution in [2.45, 2.75) is 83.5 Å². The maximum absolute atomic E-state index is 11.5. The molecule has 116 valence electrons. The van der Waals surface area contributed by atoms with Gasteiger partial charge in [0.2, 0.25) is 0 Å². The van der Waals surface area contributed by atoms with E-state index in [2.05, 4.69) is 52.8 Å². The van der Waals surface area contributed by atoms with Gasteiger partial charge in [-0.15, -0.1) is 0 Å². The fourth-order valence-corrected chi connectivity index (χ4v) is 7.98. The summed E-state index contributed by atoms with van der Waals surface area (Å²) in [6.45, 7) is 16.5. The molecule has 0 amide bonds. The lowest BCUT2D eigenvalue weighted by atomic mass is 10.0. The van der Waals surface area contributed by atoms with Crippen LogP contribution < -0.4 is 0 Å². The highest BCUT2D eigenvalue weighted by Gasteiger charge is 2.48. The molecular formula is C16H30O3Si. The third kappa shape index (κ3) is 3.51. The van der Waals surface area contributed by atoms with Gasteiger partial charge in [0.05, 0.1) is 20.4 Å². The van der Waals surface area contributed by atoms with Crippen LogP contribution in [0.2, 0.25) is 22.7 Å². The summed E-state index contributed by atoms with van der Waals surface area (Å²) in [5, 5.41) is 0.661. The summed E-state index contributed by atoms with van der Waals surface area (Å²) in [4.78, 5) is 22.6. The molecule has 0 aromatic rings. The van der Waals surface area contributed by atoms with Crippen molar-refractivity contribution in [1.29, 1.82) is 0 Å². The van der Waals surface area contributed by atoms with Crippen molar-refractivity contribution < 1.29 is 14.3 Å². The summed E-state index contributed by atoms with van der Waals surface area (Å²) in [7, 11) is -1.50. The second-order valence-corrected chi connectivity index (χ2v) is 14.6. The van der Waals surface area contributed by atoms with Crippen molar-refractivity contribution in [3.8, 4) is 0 Å². The van der Waals surface area contributed by atoms with Gasteiger partial charge in [-0.2, -0.15) is 0 Å². The molecule has 0 aromatic heterocycles. The smallest absolute Gasteiger partial charge is 0.317 e. The molecule has 0 aromatic carbocycles. The molecule has 0 spiro atoms. The minimum atomic E-state index is -1.50. The molecule has 1 fully saturated rings. The predicted molar refractivity (Wildman–Crippen MR) is 84.3 cm³/mol. The first-order chi connectivity index (χ1) is 8.88. The number of cyclic esters (lactones) is 2. The largest absolute Gasteiger partial charge is 0.393 e. The number of rotatable bonds is 4. The van der Waals surface area contributed by atoms with Gasteiger partial charge in [-0.1, -0.05) is 60.6 Å². The van der Waals surface area contributed by atoms with Gasteiger partial charge < -0.3 is 4.74 Å². The maximum Gasteiger partial charge on any atom is 0.317 e. The predicted octanol–water partition coefficient (Wildman–Crippen LogP) is 4.54. The van der Waals surface area contributed by atoms with E-state index in [0.29, 0.717) is 10.1 Å². The fraction of sp³-hybridized carbons (Fsp3) is 0.875. The molecule has 1 aliphatic heterocycles. The third-order valence-corrected chi connectivity index (χ3v) is 13.5. The molecular weight excluding hydrogens is 268 g/mol. The summed E-state index contributed by atoms with van der Waals surface area (Å²) in [5.41, 5.74) is 0. The van der Waals surface area contributed by atoms with E-state index in [9.17, 15) is 9.59 Å². The van der Waals surface area contributed by atoms with Gasteiger partial charge in [-0.25, -0.2) is 0 Å². The Morgan fingerprint density at radius 2 is 1.60 bits per heavy atom. The molecule has 1 aliphatic rings. The van der Waals surface area contributed by atoms with E-state index in [1.54, 1.807) is 0 Å². The number of hydrogen-bond acceptors (Lipinski definition) is 3. The molecule has 0 N–H and O–H groups in total. The highest BCUT2D eigenvalue weighted by Crippen LogP contribution is 2.53. The molecule has 0 aliphatic carbocycles. The average molecular weight is 298 g/mol. The summed E-state index contributed by atoms with van der Waals surface area (Å²) >= 11 is 0. The molecule has 1 atom stereocenters. The van der Waals surface area contributed by atoms with Gasteiger partial charge in [-0.05, 0) is 16.5 Å². The zero-order valence-electron chi connectivity index (χ0n) is 14.1. The number of hydrogen-bond donors (Lipinski definition) is 0. The minimum absolute atomic E-state index is 0.194. The lowest BCUT2D eigenvalue weighted by Gasteiger charge is -2.50. The molecule has 0 radical (unpaired) electrons. The summed E-state index contributed by atoms with van der Waals surface area (Å²) in [6, 6.07) is 1.19. The SMILES string of the molecule is CC(C)(C)[Si](C)(CCCC1CC(=O)OC1=O)C(C)(C)C. The maximum atomic E-state index is 11.5. The summed E-state index contributed by atoms with van der Waals surface area (Å²) in [6.07, 6.45) is 2.09. The van der Waals surface area contributed by atoms with Crippen molar-refractivity contribution >= 4 is 20.0 Å². The van der Waals surface area contributed by atoms with Crippen molar-refractivity contribution in [2.75, 3.05) is 0 Å². The van der Waals surface area contributed by atoms with Gasteiger partial charge in [0.15, 0.2) is 0 Å². The van der Waals surface area contributed by atoms with Crippen LogP contribution in [0.15, 0.2) is 0 Å². The van der Waals surface area contributed by atoms with Gasteiger partial charge in [0, 0.05) is 0 Å². The van der Waals surface area contributed by atoms with E-state index >= 15 is 0 Å². The Hall–Kier alpha value is -0.643. The van der Waals surface area contributed by atoms with E-state index in [0.717, 1.165) is 12.8 Å². The first-order valence-corrected chi connectivity index (χ1v) is 10.3. The molecule has 1 heterocycles. The first kappa shape index (κ1) is 17.4. The van der Waals surface area contributed by atoms with Crippen LogP contribution in [0.1, 0.15) is 60.8 Å². The van der Waals surface area contributed by atoms with Crippen molar-refractivity contribution in [2.24, 2.45) is 5.92 Å². The Bertz CT molecular complexity index is 374. The summed E-state index contributed by atoms with van der Waals surface area (Å²) in [5.74, 6) is -0.864. The third-order valence-electron chi connectivity index (χ3n) is 5.50. The monoisotopic (exact) mass is 298 g/mol. The Kier molecular flexibility index (Phi) is 4.90. The average Bonchev–Trinajstić information content (AvgIpc) is 2.54.